The lowest BCUT2D eigenvalue weighted by Crippen LogP contribution is -2.02. The molecule has 0 radical (unpaired) electrons. The predicted molar refractivity (Wildman–Crippen MR) is 120 cm³/mol. The molecule has 3 nitrogen and oxygen atoms in total. The fourth-order valence-electron chi connectivity index (χ4n) is 4.21. The molecule has 3 aromatic carbocycles. The Bertz CT molecular complexity index is 1050. The van der Waals surface area contributed by atoms with E-state index < -0.39 is 0 Å². The fraction of sp³-hybridized carbons (Fsp3) is 0.296. The number of hydrogen-bond donors (Lipinski definition) is 0. The summed E-state index contributed by atoms with van der Waals surface area (Å²) in [6.07, 6.45) is 3.95. The summed E-state index contributed by atoms with van der Waals surface area (Å²) in [5, 5.41) is 0. The minimum absolute atomic E-state index is 0.309. The molecule has 3 heteroatoms. The van der Waals surface area contributed by atoms with Gasteiger partial charge < -0.3 is 9.47 Å². The van der Waals surface area contributed by atoms with Crippen molar-refractivity contribution < 1.29 is 14.3 Å². The quantitative estimate of drug-likeness (QED) is 0.410. The first-order chi connectivity index (χ1) is 14.6. The van der Waals surface area contributed by atoms with Gasteiger partial charge in [0.15, 0.2) is 0 Å². The summed E-state index contributed by atoms with van der Waals surface area (Å²) in [7, 11) is 0. The van der Waals surface area contributed by atoms with Crippen molar-refractivity contribution >= 4 is 6.29 Å². The van der Waals surface area contributed by atoms with Gasteiger partial charge in [0.05, 0.1) is 0 Å². The molecule has 0 bridgehead atoms. The summed E-state index contributed by atoms with van der Waals surface area (Å²) in [4.78, 5) is 11.5. The molecule has 0 saturated heterocycles. The van der Waals surface area contributed by atoms with E-state index in [9.17, 15) is 4.79 Å². The molecule has 0 fully saturated rings. The number of rotatable bonds is 7. The second-order valence-corrected chi connectivity index (χ2v) is 8.27. The Hall–Kier alpha value is -3.07. The van der Waals surface area contributed by atoms with E-state index in [-0.39, 0.29) is 0 Å². The summed E-state index contributed by atoms with van der Waals surface area (Å²) in [5.41, 5.74) is 6.43. The average Bonchev–Trinajstić information content (AvgIpc) is 3.25. The molecule has 30 heavy (non-hydrogen) atoms. The van der Waals surface area contributed by atoms with Gasteiger partial charge in [-0.15, -0.1) is 0 Å². The van der Waals surface area contributed by atoms with E-state index in [1.165, 1.54) is 5.56 Å². The zero-order chi connectivity index (χ0) is 21.1. The molecule has 154 valence electrons. The van der Waals surface area contributed by atoms with E-state index in [0.29, 0.717) is 12.5 Å². The van der Waals surface area contributed by atoms with E-state index >= 15 is 0 Å². The normalized spacial score (nSPS) is 12.7. The molecule has 0 aliphatic heterocycles. The third kappa shape index (κ3) is 4.11. The van der Waals surface area contributed by atoms with Crippen LogP contribution in [0.25, 0.3) is 0 Å². The predicted octanol–water partition coefficient (Wildman–Crippen LogP) is 6.79. The maximum Gasteiger partial charge on any atom is 0.150 e. The van der Waals surface area contributed by atoms with Crippen molar-refractivity contribution in [3.05, 3.63) is 88.0 Å². The molecule has 0 N–H and O–H groups in total. The molecule has 0 atom stereocenters. The topological polar surface area (TPSA) is 35.5 Å². The summed E-state index contributed by atoms with van der Waals surface area (Å²) >= 11 is 0. The highest BCUT2D eigenvalue weighted by Gasteiger charge is 2.22. The zero-order valence-corrected chi connectivity index (χ0v) is 17.9. The van der Waals surface area contributed by atoms with Crippen molar-refractivity contribution in [1.29, 1.82) is 0 Å². The molecule has 4 rings (SSSR count). The third-order valence-corrected chi connectivity index (χ3v) is 5.76. The van der Waals surface area contributed by atoms with Crippen LogP contribution in [0.3, 0.4) is 0 Å². The molecule has 0 saturated carbocycles. The lowest BCUT2D eigenvalue weighted by atomic mass is 9.99. The molecule has 0 aromatic heterocycles. The van der Waals surface area contributed by atoms with E-state index in [1.54, 1.807) is 0 Å². The van der Waals surface area contributed by atoms with E-state index in [4.69, 9.17) is 9.47 Å². The number of carbonyl (C=O) groups excluding carboxylic acids is 1. The largest absolute Gasteiger partial charge is 0.489 e. The first-order valence-electron chi connectivity index (χ1n) is 10.7. The molecule has 1 aliphatic carbocycles. The highest BCUT2D eigenvalue weighted by atomic mass is 16.5. The Balaban J connectivity index is 1.61. The van der Waals surface area contributed by atoms with Gasteiger partial charge >= 0.3 is 0 Å². The van der Waals surface area contributed by atoms with Gasteiger partial charge in [0, 0.05) is 11.1 Å². The minimum Gasteiger partial charge on any atom is -0.489 e. The first kappa shape index (κ1) is 20.2. The Morgan fingerprint density at radius 1 is 1.00 bits per heavy atom. The van der Waals surface area contributed by atoms with Crippen LogP contribution in [0.15, 0.2) is 54.6 Å². The maximum absolute atomic E-state index is 11.5. The van der Waals surface area contributed by atoms with Crippen LogP contribution in [-0.4, -0.2) is 6.29 Å². The first-order valence-corrected chi connectivity index (χ1v) is 10.7. The standard InChI is InChI=1S/C27H28O3/c1-18(2)25-15-22(12-13-26(25)29-17-20-8-5-4-6-9-20)30-27-19(3)14-21(16-28)23-10-7-11-24(23)27/h4-6,8-9,12-16,18H,7,10-11,17H2,1-3H3. The van der Waals surface area contributed by atoms with E-state index in [1.807, 2.05) is 43.3 Å². The molecule has 1 aliphatic rings. The zero-order valence-electron chi connectivity index (χ0n) is 17.9. The van der Waals surface area contributed by atoms with Crippen LogP contribution in [0.1, 0.15) is 64.4 Å². The summed E-state index contributed by atoms with van der Waals surface area (Å²) in [6, 6.07) is 18.2. The van der Waals surface area contributed by atoms with E-state index in [2.05, 4.69) is 32.0 Å². The van der Waals surface area contributed by atoms with Gasteiger partial charge in [-0.1, -0.05) is 44.2 Å². The molecule has 0 amide bonds. The van der Waals surface area contributed by atoms with Crippen molar-refractivity contribution in [2.45, 2.75) is 52.6 Å². The van der Waals surface area contributed by atoms with Gasteiger partial charge in [-0.05, 0) is 78.6 Å². The number of fused-ring (bicyclic) bond motifs is 1. The van der Waals surface area contributed by atoms with Gasteiger partial charge in [-0.25, -0.2) is 0 Å². The highest BCUT2D eigenvalue weighted by Crippen LogP contribution is 2.39. The number of aryl methyl sites for hydroxylation is 1. The van der Waals surface area contributed by atoms with Crippen molar-refractivity contribution in [3.8, 4) is 17.2 Å². The van der Waals surface area contributed by atoms with Crippen LogP contribution in [-0.2, 0) is 19.4 Å². The molecule has 0 unspecified atom stereocenters. The molecule has 0 spiro atoms. The Labute approximate surface area is 178 Å². The number of aldehydes is 1. The summed E-state index contributed by atoms with van der Waals surface area (Å²) in [6.45, 7) is 6.88. The van der Waals surface area contributed by atoms with Gasteiger partial charge in [0.1, 0.15) is 30.1 Å². The second kappa shape index (κ2) is 8.74. The van der Waals surface area contributed by atoms with Crippen LogP contribution in [0, 0.1) is 6.92 Å². The SMILES string of the molecule is Cc1cc(C=O)c2c(c1Oc1ccc(OCc3ccccc3)c(C(C)C)c1)CCC2. The van der Waals surface area contributed by atoms with Crippen LogP contribution in [0.2, 0.25) is 0 Å². The Morgan fingerprint density at radius 3 is 2.50 bits per heavy atom. The monoisotopic (exact) mass is 400 g/mol. The number of carbonyl (C=O) groups is 1. The summed E-state index contributed by atoms with van der Waals surface area (Å²) in [5.74, 6) is 2.91. The number of benzene rings is 3. The van der Waals surface area contributed by atoms with Crippen LogP contribution in [0.4, 0.5) is 0 Å². The van der Waals surface area contributed by atoms with Crippen LogP contribution in [0.5, 0.6) is 17.2 Å². The Morgan fingerprint density at radius 2 is 1.77 bits per heavy atom. The second-order valence-electron chi connectivity index (χ2n) is 8.27. The fourth-order valence-corrected chi connectivity index (χ4v) is 4.21. The lowest BCUT2D eigenvalue weighted by Gasteiger charge is -2.18. The van der Waals surface area contributed by atoms with Gasteiger partial charge in [-0.2, -0.15) is 0 Å². The van der Waals surface area contributed by atoms with Crippen LogP contribution >= 0.6 is 0 Å². The third-order valence-electron chi connectivity index (χ3n) is 5.76. The van der Waals surface area contributed by atoms with Crippen molar-refractivity contribution in [3.63, 3.8) is 0 Å². The van der Waals surface area contributed by atoms with Crippen LogP contribution < -0.4 is 9.47 Å². The molecule has 3 aromatic rings. The molecule has 0 heterocycles. The molecular formula is C27H28O3. The van der Waals surface area contributed by atoms with Gasteiger partial charge in [0.2, 0.25) is 0 Å². The smallest absolute Gasteiger partial charge is 0.150 e. The van der Waals surface area contributed by atoms with E-state index in [0.717, 1.165) is 70.6 Å². The Kier molecular flexibility index (Phi) is 5.89. The lowest BCUT2D eigenvalue weighted by molar-refractivity contribution is 0.112. The van der Waals surface area contributed by atoms with Gasteiger partial charge in [-0.3, -0.25) is 4.79 Å². The molecular weight excluding hydrogens is 372 g/mol. The number of ether oxygens (including phenoxy) is 2. The van der Waals surface area contributed by atoms with Gasteiger partial charge in [0.25, 0.3) is 0 Å². The van der Waals surface area contributed by atoms with Crippen molar-refractivity contribution in [2.24, 2.45) is 0 Å². The highest BCUT2D eigenvalue weighted by molar-refractivity contribution is 5.80. The maximum atomic E-state index is 11.5. The van der Waals surface area contributed by atoms with Crippen molar-refractivity contribution in [1.82, 2.24) is 0 Å². The minimum atomic E-state index is 0.309. The van der Waals surface area contributed by atoms with Crippen molar-refractivity contribution in [2.75, 3.05) is 0 Å². The number of hydrogen-bond acceptors (Lipinski definition) is 3. The average molecular weight is 401 g/mol. The summed E-state index contributed by atoms with van der Waals surface area (Å²) < 4.78 is 12.5.